The summed E-state index contributed by atoms with van der Waals surface area (Å²) in [6.45, 7) is 0. The van der Waals surface area contributed by atoms with Gasteiger partial charge in [0.05, 0.1) is 30.2 Å². The standard InChI is InChI=1S/C19H15N5O/c1-25-18-5-4-14(12-22-18)23-19-15-3-2-8-21-17(15)11-16(24-19)13-6-9-20-10-7-13/h2-12H,1H3,(H,23,24). The highest BCUT2D eigenvalue weighted by Crippen LogP contribution is 2.28. The summed E-state index contributed by atoms with van der Waals surface area (Å²) in [6, 6.07) is 13.4. The number of nitrogens with zero attached hydrogens (tertiary/aromatic N) is 4. The zero-order chi connectivity index (χ0) is 17.1. The van der Waals surface area contributed by atoms with Gasteiger partial charge in [-0.2, -0.15) is 0 Å². The highest BCUT2D eigenvalue weighted by molar-refractivity contribution is 5.93. The first-order valence-corrected chi connectivity index (χ1v) is 7.77. The molecule has 122 valence electrons. The zero-order valence-corrected chi connectivity index (χ0v) is 13.5. The van der Waals surface area contributed by atoms with Gasteiger partial charge in [0, 0.05) is 35.6 Å². The van der Waals surface area contributed by atoms with Crippen LogP contribution in [-0.2, 0) is 0 Å². The van der Waals surface area contributed by atoms with Crippen molar-refractivity contribution in [1.29, 1.82) is 0 Å². The van der Waals surface area contributed by atoms with E-state index in [1.54, 1.807) is 38.0 Å². The van der Waals surface area contributed by atoms with Crippen LogP contribution in [0.25, 0.3) is 22.2 Å². The van der Waals surface area contributed by atoms with Gasteiger partial charge in [-0.3, -0.25) is 9.97 Å². The van der Waals surface area contributed by atoms with Gasteiger partial charge >= 0.3 is 0 Å². The number of pyridine rings is 4. The summed E-state index contributed by atoms with van der Waals surface area (Å²) in [4.78, 5) is 17.5. The number of hydrogen-bond acceptors (Lipinski definition) is 6. The van der Waals surface area contributed by atoms with Gasteiger partial charge in [0.2, 0.25) is 5.88 Å². The number of aromatic nitrogens is 4. The third-order valence-electron chi connectivity index (χ3n) is 3.78. The fraction of sp³-hybridized carbons (Fsp3) is 0.0526. The van der Waals surface area contributed by atoms with Crippen LogP contribution in [0.1, 0.15) is 0 Å². The second-order valence-electron chi connectivity index (χ2n) is 5.38. The highest BCUT2D eigenvalue weighted by Gasteiger charge is 2.09. The van der Waals surface area contributed by atoms with Gasteiger partial charge in [-0.1, -0.05) is 0 Å². The molecule has 0 saturated heterocycles. The molecular weight excluding hydrogens is 314 g/mol. The van der Waals surface area contributed by atoms with E-state index >= 15 is 0 Å². The maximum atomic E-state index is 5.10. The molecule has 6 heteroatoms. The maximum absolute atomic E-state index is 5.10. The van der Waals surface area contributed by atoms with E-state index in [0.717, 1.165) is 33.7 Å². The Balaban J connectivity index is 1.80. The average molecular weight is 329 g/mol. The molecule has 0 amide bonds. The lowest BCUT2D eigenvalue weighted by Crippen LogP contribution is -1.98. The molecule has 0 aromatic carbocycles. The maximum Gasteiger partial charge on any atom is 0.213 e. The Labute approximate surface area is 144 Å². The van der Waals surface area contributed by atoms with Crippen LogP contribution in [0.3, 0.4) is 0 Å². The molecule has 4 rings (SSSR count). The van der Waals surface area contributed by atoms with Crippen LogP contribution < -0.4 is 10.1 Å². The Bertz CT molecular complexity index is 1000. The third-order valence-corrected chi connectivity index (χ3v) is 3.78. The van der Waals surface area contributed by atoms with Gasteiger partial charge in [0.15, 0.2) is 0 Å². The van der Waals surface area contributed by atoms with Crippen LogP contribution in [0.5, 0.6) is 5.88 Å². The predicted molar refractivity (Wildman–Crippen MR) is 96.8 cm³/mol. The lowest BCUT2D eigenvalue weighted by molar-refractivity contribution is 0.398. The molecule has 0 fully saturated rings. The lowest BCUT2D eigenvalue weighted by atomic mass is 10.1. The minimum Gasteiger partial charge on any atom is -0.481 e. The molecule has 0 bridgehead atoms. The summed E-state index contributed by atoms with van der Waals surface area (Å²) in [6.07, 6.45) is 6.99. The van der Waals surface area contributed by atoms with Crippen molar-refractivity contribution in [2.24, 2.45) is 0 Å². The Morgan fingerprint density at radius 3 is 2.60 bits per heavy atom. The molecule has 0 atom stereocenters. The van der Waals surface area contributed by atoms with Crippen LogP contribution in [0.15, 0.2) is 67.3 Å². The Morgan fingerprint density at radius 1 is 0.960 bits per heavy atom. The fourth-order valence-corrected chi connectivity index (χ4v) is 2.55. The van der Waals surface area contributed by atoms with Crippen LogP contribution >= 0.6 is 0 Å². The summed E-state index contributed by atoms with van der Waals surface area (Å²) in [5.74, 6) is 1.29. The largest absolute Gasteiger partial charge is 0.481 e. The molecule has 4 heterocycles. The quantitative estimate of drug-likeness (QED) is 0.613. The second kappa shape index (κ2) is 6.52. The topological polar surface area (TPSA) is 72.8 Å². The first-order chi connectivity index (χ1) is 12.3. The van der Waals surface area contributed by atoms with Gasteiger partial charge < -0.3 is 10.1 Å². The van der Waals surface area contributed by atoms with Crippen molar-refractivity contribution in [3.05, 3.63) is 67.3 Å². The molecule has 4 aromatic rings. The monoisotopic (exact) mass is 329 g/mol. The molecular formula is C19H15N5O. The predicted octanol–water partition coefficient (Wildman–Crippen LogP) is 3.84. The molecule has 1 N–H and O–H groups in total. The van der Waals surface area contributed by atoms with Crippen LogP contribution in [-0.4, -0.2) is 27.0 Å². The zero-order valence-electron chi connectivity index (χ0n) is 13.5. The normalized spacial score (nSPS) is 10.6. The number of fused-ring (bicyclic) bond motifs is 1. The smallest absolute Gasteiger partial charge is 0.213 e. The summed E-state index contributed by atoms with van der Waals surface area (Å²) in [5.41, 5.74) is 3.51. The number of methoxy groups -OCH3 is 1. The van der Waals surface area contributed by atoms with Crippen molar-refractivity contribution >= 4 is 22.4 Å². The number of anilines is 2. The van der Waals surface area contributed by atoms with E-state index in [-0.39, 0.29) is 0 Å². The van der Waals surface area contributed by atoms with E-state index in [1.807, 2.05) is 36.4 Å². The van der Waals surface area contributed by atoms with Gasteiger partial charge in [-0.25, -0.2) is 9.97 Å². The third kappa shape index (κ3) is 3.10. The summed E-state index contributed by atoms with van der Waals surface area (Å²) in [5, 5.41) is 4.26. The van der Waals surface area contributed by atoms with Crippen molar-refractivity contribution in [3.63, 3.8) is 0 Å². The molecule has 0 aliphatic heterocycles. The fourth-order valence-electron chi connectivity index (χ4n) is 2.55. The molecule has 6 nitrogen and oxygen atoms in total. The first-order valence-electron chi connectivity index (χ1n) is 7.77. The first kappa shape index (κ1) is 15.0. The van der Waals surface area contributed by atoms with Crippen molar-refractivity contribution in [1.82, 2.24) is 19.9 Å². The van der Waals surface area contributed by atoms with Crippen LogP contribution in [0.4, 0.5) is 11.5 Å². The van der Waals surface area contributed by atoms with Crippen molar-refractivity contribution in [2.45, 2.75) is 0 Å². The van der Waals surface area contributed by atoms with E-state index in [4.69, 9.17) is 9.72 Å². The molecule has 0 radical (unpaired) electrons. The van der Waals surface area contributed by atoms with Crippen molar-refractivity contribution in [3.8, 4) is 17.1 Å². The van der Waals surface area contributed by atoms with Gasteiger partial charge in [0.25, 0.3) is 0 Å². The van der Waals surface area contributed by atoms with E-state index in [0.29, 0.717) is 5.88 Å². The highest BCUT2D eigenvalue weighted by atomic mass is 16.5. The lowest BCUT2D eigenvalue weighted by Gasteiger charge is -2.11. The number of nitrogens with one attached hydrogen (secondary N) is 1. The molecule has 25 heavy (non-hydrogen) atoms. The van der Waals surface area contributed by atoms with E-state index in [9.17, 15) is 0 Å². The van der Waals surface area contributed by atoms with Gasteiger partial charge in [-0.15, -0.1) is 0 Å². The van der Waals surface area contributed by atoms with Gasteiger partial charge in [-0.05, 0) is 36.4 Å². The average Bonchev–Trinajstić information content (AvgIpc) is 2.69. The molecule has 0 unspecified atom stereocenters. The number of rotatable bonds is 4. The number of hydrogen-bond donors (Lipinski definition) is 1. The molecule has 0 aliphatic carbocycles. The Kier molecular flexibility index (Phi) is 3.92. The minimum absolute atomic E-state index is 0.565. The molecule has 0 saturated carbocycles. The summed E-state index contributed by atoms with van der Waals surface area (Å²) >= 11 is 0. The van der Waals surface area contributed by atoms with E-state index in [2.05, 4.69) is 20.3 Å². The van der Waals surface area contributed by atoms with Crippen molar-refractivity contribution < 1.29 is 4.74 Å². The minimum atomic E-state index is 0.565. The Hall–Kier alpha value is -3.54. The second-order valence-corrected chi connectivity index (χ2v) is 5.38. The molecule has 0 spiro atoms. The SMILES string of the molecule is COc1ccc(Nc2nc(-c3ccncc3)cc3ncccc23)cn1. The van der Waals surface area contributed by atoms with E-state index in [1.165, 1.54) is 0 Å². The Morgan fingerprint density at radius 2 is 1.84 bits per heavy atom. The van der Waals surface area contributed by atoms with Crippen molar-refractivity contribution in [2.75, 3.05) is 12.4 Å². The van der Waals surface area contributed by atoms with E-state index < -0.39 is 0 Å². The molecule has 0 aliphatic rings. The molecule has 4 aromatic heterocycles. The summed E-state index contributed by atoms with van der Waals surface area (Å²) < 4.78 is 5.10. The van der Waals surface area contributed by atoms with Crippen LogP contribution in [0.2, 0.25) is 0 Å². The van der Waals surface area contributed by atoms with Gasteiger partial charge in [0.1, 0.15) is 5.82 Å². The summed E-state index contributed by atoms with van der Waals surface area (Å²) in [7, 11) is 1.59. The number of ether oxygens (including phenoxy) is 1. The van der Waals surface area contributed by atoms with Crippen LogP contribution in [0, 0.1) is 0 Å².